The van der Waals surface area contributed by atoms with E-state index in [0.717, 1.165) is 22.0 Å². The van der Waals surface area contributed by atoms with Gasteiger partial charge in [0, 0.05) is 5.56 Å². The number of amides is 1. The Hall–Kier alpha value is -3.31. The van der Waals surface area contributed by atoms with Crippen molar-refractivity contribution in [3.05, 3.63) is 89.9 Å². The number of carbonyl (C=O) groups excluding carboxylic acids is 1. The van der Waals surface area contributed by atoms with Crippen molar-refractivity contribution < 1.29 is 9.53 Å². The van der Waals surface area contributed by atoms with Gasteiger partial charge in [0.2, 0.25) is 0 Å². The number of ether oxygens (including phenoxy) is 1. The molecule has 1 heterocycles. The van der Waals surface area contributed by atoms with Crippen molar-refractivity contribution in [3.63, 3.8) is 0 Å². The molecule has 0 aliphatic carbocycles. The summed E-state index contributed by atoms with van der Waals surface area (Å²) in [4.78, 5) is 17.6. The van der Waals surface area contributed by atoms with Gasteiger partial charge >= 0.3 is 0 Å². The molecule has 0 radical (unpaired) electrons. The standard InChI is InChI=1S/C23H18N2O2S/c1-2-14-27-20-13-12-16-8-6-7-11-18(16)19(20)15-21-22(26)25-23(28-21)24-17-9-4-3-5-10-17/h2-13,15H,1,14H2,(H,24,25,26)/b21-15-. The largest absolute Gasteiger partial charge is 0.489 e. The van der Waals surface area contributed by atoms with E-state index in [-0.39, 0.29) is 5.91 Å². The fourth-order valence-corrected chi connectivity index (χ4v) is 3.75. The van der Waals surface area contributed by atoms with Crippen molar-refractivity contribution in [2.45, 2.75) is 0 Å². The van der Waals surface area contributed by atoms with Gasteiger partial charge in [0.15, 0.2) is 5.17 Å². The molecule has 138 valence electrons. The third kappa shape index (κ3) is 3.85. The van der Waals surface area contributed by atoms with Crippen molar-refractivity contribution in [2.24, 2.45) is 4.99 Å². The lowest BCUT2D eigenvalue weighted by Gasteiger charge is -2.11. The predicted octanol–water partition coefficient (Wildman–Crippen LogP) is 5.30. The molecule has 1 amide bonds. The molecule has 0 saturated carbocycles. The van der Waals surface area contributed by atoms with Crippen molar-refractivity contribution in [2.75, 3.05) is 6.61 Å². The predicted molar refractivity (Wildman–Crippen MR) is 117 cm³/mol. The van der Waals surface area contributed by atoms with Crippen LogP contribution in [0.15, 0.2) is 89.3 Å². The summed E-state index contributed by atoms with van der Waals surface area (Å²) in [7, 11) is 0. The van der Waals surface area contributed by atoms with Gasteiger partial charge in [0.05, 0.1) is 10.6 Å². The summed E-state index contributed by atoms with van der Waals surface area (Å²) in [5.74, 6) is 0.551. The Morgan fingerprint density at radius 3 is 2.64 bits per heavy atom. The van der Waals surface area contributed by atoms with Crippen LogP contribution < -0.4 is 10.1 Å². The smallest absolute Gasteiger partial charge is 0.264 e. The highest BCUT2D eigenvalue weighted by molar-refractivity contribution is 8.18. The molecular formula is C23H18N2O2S. The lowest BCUT2D eigenvalue weighted by Crippen LogP contribution is -2.19. The van der Waals surface area contributed by atoms with E-state index in [1.807, 2.05) is 72.8 Å². The zero-order chi connectivity index (χ0) is 19.3. The average Bonchev–Trinajstić information content (AvgIpc) is 3.07. The molecule has 0 unspecified atom stereocenters. The fraction of sp³-hybridized carbons (Fsp3) is 0.0435. The summed E-state index contributed by atoms with van der Waals surface area (Å²) in [6.07, 6.45) is 3.57. The number of hydrogen-bond acceptors (Lipinski definition) is 4. The van der Waals surface area contributed by atoms with Crippen molar-refractivity contribution in [1.82, 2.24) is 5.32 Å². The number of fused-ring (bicyclic) bond motifs is 1. The highest BCUT2D eigenvalue weighted by Crippen LogP contribution is 2.34. The van der Waals surface area contributed by atoms with Gasteiger partial charge in [-0.15, -0.1) is 0 Å². The third-order valence-electron chi connectivity index (χ3n) is 4.20. The summed E-state index contributed by atoms with van der Waals surface area (Å²) < 4.78 is 5.83. The maximum Gasteiger partial charge on any atom is 0.264 e. The van der Waals surface area contributed by atoms with Gasteiger partial charge < -0.3 is 10.1 Å². The van der Waals surface area contributed by atoms with Crippen LogP contribution >= 0.6 is 11.8 Å². The van der Waals surface area contributed by atoms with Gasteiger partial charge in [0.25, 0.3) is 5.91 Å². The van der Waals surface area contributed by atoms with E-state index >= 15 is 0 Å². The Morgan fingerprint density at radius 1 is 1.04 bits per heavy atom. The lowest BCUT2D eigenvalue weighted by molar-refractivity contribution is -0.115. The van der Waals surface area contributed by atoms with Gasteiger partial charge in [-0.05, 0) is 46.8 Å². The Bertz CT molecular complexity index is 1100. The van der Waals surface area contributed by atoms with Gasteiger partial charge in [-0.3, -0.25) is 4.79 Å². The highest BCUT2D eigenvalue weighted by atomic mass is 32.2. The first-order chi connectivity index (χ1) is 13.7. The minimum atomic E-state index is -0.165. The number of amidine groups is 1. The first-order valence-corrected chi connectivity index (χ1v) is 9.66. The van der Waals surface area contributed by atoms with E-state index in [9.17, 15) is 4.79 Å². The molecule has 4 rings (SSSR count). The average molecular weight is 386 g/mol. The highest BCUT2D eigenvalue weighted by Gasteiger charge is 2.24. The second kappa shape index (κ2) is 8.15. The van der Waals surface area contributed by atoms with E-state index in [2.05, 4.69) is 16.9 Å². The molecular weight excluding hydrogens is 368 g/mol. The number of thioether (sulfide) groups is 1. The first kappa shape index (κ1) is 18.1. The summed E-state index contributed by atoms with van der Waals surface area (Å²) in [6.45, 7) is 4.11. The molecule has 1 fully saturated rings. The van der Waals surface area contributed by atoms with E-state index in [1.165, 1.54) is 11.8 Å². The molecule has 0 atom stereocenters. The third-order valence-corrected chi connectivity index (χ3v) is 5.11. The van der Waals surface area contributed by atoms with Gasteiger partial charge in [-0.1, -0.05) is 61.2 Å². The summed E-state index contributed by atoms with van der Waals surface area (Å²) in [6, 6.07) is 21.5. The second-order valence-corrected chi connectivity index (χ2v) is 7.15. The molecule has 28 heavy (non-hydrogen) atoms. The molecule has 1 aliphatic heterocycles. The number of rotatable bonds is 5. The number of hydrogen-bond donors (Lipinski definition) is 1. The second-order valence-electron chi connectivity index (χ2n) is 6.12. The Labute approximate surface area is 167 Å². The Balaban J connectivity index is 1.73. The van der Waals surface area contributed by atoms with Crippen LogP contribution in [0.1, 0.15) is 5.56 Å². The van der Waals surface area contributed by atoms with Crippen molar-refractivity contribution in [1.29, 1.82) is 0 Å². The Kier molecular flexibility index (Phi) is 5.26. The zero-order valence-electron chi connectivity index (χ0n) is 15.1. The van der Waals surface area contributed by atoms with Crippen LogP contribution in [-0.4, -0.2) is 17.7 Å². The maximum absolute atomic E-state index is 12.5. The van der Waals surface area contributed by atoms with Crippen LogP contribution in [0.3, 0.4) is 0 Å². The summed E-state index contributed by atoms with van der Waals surface area (Å²) in [5.41, 5.74) is 1.67. The number of aliphatic imine (C=N–C) groups is 1. The monoisotopic (exact) mass is 386 g/mol. The molecule has 1 saturated heterocycles. The number of benzene rings is 3. The van der Waals surface area contributed by atoms with Crippen molar-refractivity contribution in [3.8, 4) is 5.75 Å². The van der Waals surface area contributed by atoms with E-state index < -0.39 is 0 Å². The van der Waals surface area contributed by atoms with Crippen LogP contribution in [0.2, 0.25) is 0 Å². The van der Waals surface area contributed by atoms with E-state index in [1.54, 1.807) is 6.08 Å². The lowest BCUT2D eigenvalue weighted by atomic mass is 10.0. The van der Waals surface area contributed by atoms with Crippen LogP contribution in [0.4, 0.5) is 5.69 Å². The van der Waals surface area contributed by atoms with Crippen molar-refractivity contribution >= 4 is 45.4 Å². The minimum Gasteiger partial charge on any atom is -0.489 e. The number of para-hydroxylation sites is 1. The van der Waals surface area contributed by atoms with Crippen LogP contribution in [-0.2, 0) is 4.79 Å². The molecule has 1 aliphatic rings. The zero-order valence-corrected chi connectivity index (χ0v) is 15.9. The van der Waals surface area contributed by atoms with Gasteiger partial charge in [-0.25, -0.2) is 4.99 Å². The van der Waals surface area contributed by atoms with Gasteiger partial charge in [0.1, 0.15) is 12.4 Å². The van der Waals surface area contributed by atoms with Crippen LogP contribution in [0.5, 0.6) is 5.75 Å². The molecule has 0 aromatic heterocycles. The molecule has 4 nitrogen and oxygen atoms in total. The molecule has 0 spiro atoms. The van der Waals surface area contributed by atoms with E-state index in [0.29, 0.717) is 22.4 Å². The number of nitrogens with zero attached hydrogens (tertiary/aromatic N) is 1. The molecule has 0 bridgehead atoms. The minimum absolute atomic E-state index is 0.165. The van der Waals surface area contributed by atoms with Crippen LogP contribution in [0.25, 0.3) is 16.8 Å². The normalized spacial score (nSPS) is 16.5. The molecule has 3 aromatic carbocycles. The fourth-order valence-electron chi connectivity index (χ4n) is 2.93. The van der Waals surface area contributed by atoms with Crippen LogP contribution in [0, 0.1) is 0 Å². The van der Waals surface area contributed by atoms with E-state index in [4.69, 9.17) is 4.74 Å². The topological polar surface area (TPSA) is 50.7 Å². The number of nitrogens with one attached hydrogen (secondary N) is 1. The first-order valence-electron chi connectivity index (χ1n) is 8.84. The summed E-state index contributed by atoms with van der Waals surface area (Å²) >= 11 is 1.32. The van der Waals surface area contributed by atoms with Gasteiger partial charge in [-0.2, -0.15) is 0 Å². The summed E-state index contributed by atoms with van der Waals surface area (Å²) in [5, 5.41) is 5.51. The Morgan fingerprint density at radius 2 is 1.82 bits per heavy atom. The molecule has 5 heteroatoms. The SMILES string of the molecule is C=CCOc1ccc2ccccc2c1/C=C1\SC(=Nc2ccccc2)NC1=O. The maximum atomic E-state index is 12.5. The molecule has 3 aromatic rings. The molecule has 1 N–H and O–H groups in total. The number of carbonyl (C=O) groups is 1. The quantitative estimate of drug-likeness (QED) is 0.478.